The summed E-state index contributed by atoms with van der Waals surface area (Å²) < 4.78 is 6.38. The highest BCUT2D eigenvalue weighted by atomic mass is 32.2. The molecule has 13 N–H and O–H groups in total. The summed E-state index contributed by atoms with van der Waals surface area (Å²) in [6.45, 7) is 30.9. The molecule has 0 aliphatic rings. The summed E-state index contributed by atoms with van der Waals surface area (Å²) in [6, 6.07) is -13.2. The largest absolute Gasteiger partial charge is 0.459 e. The molecule has 0 aromatic heterocycles. The molecule has 640 valence electrons. The molecule has 34 heteroatoms. The zero-order chi connectivity index (χ0) is 86.6. The molecule has 112 heavy (non-hydrogen) atoms. The minimum Gasteiger partial charge on any atom is -0.459 e. The van der Waals surface area contributed by atoms with Crippen molar-refractivity contribution >= 4 is 106 Å². The molecular formula is C78H141N17O16S. The summed E-state index contributed by atoms with van der Waals surface area (Å²) in [5, 5.41) is 23.4. The molecule has 0 saturated heterocycles. The van der Waals surface area contributed by atoms with Gasteiger partial charge in [0.05, 0.1) is 6.54 Å². The first kappa shape index (κ1) is 103. The Bertz CT molecular complexity index is 3170. The molecule has 0 bridgehead atoms. The summed E-state index contributed by atoms with van der Waals surface area (Å²) in [4.78, 5) is 220. The van der Waals surface area contributed by atoms with Gasteiger partial charge in [0, 0.05) is 81.4 Å². The molecule has 13 atom stereocenters. The van der Waals surface area contributed by atoms with Crippen LogP contribution in [0.15, 0.2) is 12.2 Å². The lowest BCUT2D eigenvalue weighted by atomic mass is 9.91. The van der Waals surface area contributed by atoms with Gasteiger partial charge in [-0.05, 0) is 125 Å². The molecule has 0 rings (SSSR count). The Hall–Kier alpha value is -8.59. The fourth-order valence-corrected chi connectivity index (χ4v) is 13.9. The number of hydrogen-bond donors (Lipinski definition) is 10. The second-order valence-electron chi connectivity index (χ2n) is 31.9. The molecule has 14 amide bonds. The van der Waals surface area contributed by atoms with Crippen molar-refractivity contribution in [3.8, 4) is 0 Å². The van der Waals surface area contributed by atoms with Crippen molar-refractivity contribution in [1.82, 2.24) is 66.2 Å². The van der Waals surface area contributed by atoms with Gasteiger partial charge < -0.3 is 88.1 Å². The van der Waals surface area contributed by atoms with Crippen LogP contribution < -0.4 is 49.1 Å². The van der Waals surface area contributed by atoms with Gasteiger partial charge in [0.1, 0.15) is 72.6 Å². The van der Waals surface area contributed by atoms with Gasteiger partial charge in [-0.2, -0.15) is 11.8 Å². The second kappa shape index (κ2) is 51.2. The van der Waals surface area contributed by atoms with E-state index in [1.807, 2.05) is 55.4 Å². The summed E-state index contributed by atoms with van der Waals surface area (Å²) >= 11 is 1.28. The summed E-state index contributed by atoms with van der Waals surface area (Å²) in [5.41, 5.74) is 16.4. The number of carbonyl (C=O) groups excluding carboxylic acids is 15. The van der Waals surface area contributed by atoms with Crippen molar-refractivity contribution in [2.24, 2.45) is 58.6 Å². The van der Waals surface area contributed by atoms with Crippen LogP contribution in [0, 0.1) is 46.8 Å². The summed E-state index contributed by atoms with van der Waals surface area (Å²) in [5.74, 6) is -12.2. The first-order valence-corrected chi connectivity index (χ1v) is 40.5. The van der Waals surface area contributed by atoms with Gasteiger partial charge in [-0.3, -0.25) is 77.3 Å². The Morgan fingerprint density at radius 3 is 1.45 bits per heavy atom. The van der Waals surface area contributed by atoms with Crippen LogP contribution in [-0.2, 0) is 76.7 Å². The lowest BCUT2D eigenvalue weighted by Crippen LogP contribution is -2.64. The highest BCUT2D eigenvalue weighted by Crippen LogP contribution is 2.28. The fourth-order valence-electron chi connectivity index (χ4n) is 12.8. The van der Waals surface area contributed by atoms with Gasteiger partial charge >= 0.3 is 5.97 Å². The molecule has 0 spiro atoms. The topological polar surface area (TPSA) is 462 Å². The van der Waals surface area contributed by atoms with Gasteiger partial charge in [-0.1, -0.05) is 116 Å². The van der Waals surface area contributed by atoms with E-state index in [1.165, 1.54) is 92.4 Å². The van der Waals surface area contributed by atoms with E-state index in [-0.39, 0.29) is 106 Å². The third-order valence-corrected chi connectivity index (χ3v) is 20.7. The van der Waals surface area contributed by atoms with E-state index in [9.17, 15) is 57.5 Å². The number of thioether (sulfide) groups is 1. The van der Waals surface area contributed by atoms with Gasteiger partial charge in [-0.15, -0.1) is 0 Å². The van der Waals surface area contributed by atoms with E-state index in [0.717, 1.165) is 9.80 Å². The van der Waals surface area contributed by atoms with Crippen LogP contribution in [0.3, 0.4) is 0 Å². The van der Waals surface area contributed by atoms with Crippen LogP contribution in [0.4, 0.5) is 0 Å². The molecule has 0 radical (unpaired) electrons. The second-order valence-corrected chi connectivity index (χ2v) is 33.0. The highest BCUT2D eigenvalue weighted by Gasteiger charge is 2.47. The molecule has 0 unspecified atom stereocenters. The van der Waals surface area contributed by atoms with Crippen molar-refractivity contribution in [2.75, 3.05) is 73.9 Å². The number of nitrogens with zero attached hydrogens (tertiary/aromatic N) is 7. The molecule has 0 saturated carbocycles. The number of nitrogens with two attached hydrogens (primary N) is 3. The van der Waals surface area contributed by atoms with Crippen molar-refractivity contribution in [3.63, 3.8) is 0 Å². The van der Waals surface area contributed by atoms with E-state index < -0.39 is 180 Å². The average molecular weight is 1610 g/mol. The van der Waals surface area contributed by atoms with E-state index in [2.05, 4.69) is 31.9 Å². The normalized spacial score (nSPS) is 15.0. The zero-order valence-corrected chi connectivity index (χ0v) is 72.6. The van der Waals surface area contributed by atoms with Crippen LogP contribution in [0.2, 0.25) is 0 Å². The predicted octanol–water partition coefficient (Wildman–Crippen LogP) is 2.84. The number of rotatable bonds is 52. The number of primary amides is 2. The average Bonchev–Trinajstić information content (AvgIpc) is 0.793. The van der Waals surface area contributed by atoms with Crippen molar-refractivity contribution < 1.29 is 76.7 Å². The van der Waals surface area contributed by atoms with Crippen LogP contribution >= 0.6 is 11.8 Å². The standard InChI is InChI=1S/C78H141N17O16S/c1-26-29-33-50(16)66(111-62(99)35-30-31-37-112-43-55(85-52(18)96)69(102)87-54(68(80)101)34-32-36-83-78(81)82)65(95(25)77(110)64(49(14)15)94(24)75(108)59(41-47(10)11)93(23)74(107)58(40-46(8)9)91(21)60(97)28-3)72(105)86-53(27-2)73(106)89(19)42-61(98)90(20)56(38-44(4)5)71(104)88-63(48(12)13)76(109)92(22)57(39-45(6)7)70(103)84-51(17)67(79)100/h26,29,44-51,53-59,63-66H,27-28,30-43H2,1-25H3,(H2,79,100)(H2,80,101)(H,84,103)(H,85,96)(H,86,105)(H,87,102)(H,88,104)(H4,81,82,83)/b29-26+/t50-,51+,53+,54-,55-,56+,57+,58+,59+,63+,64+,65+,66-/m1/s1. The van der Waals surface area contributed by atoms with E-state index >= 15 is 14.4 Å². The van der Waals surface area contributed by atoms with Crippen LogP contribution in [-0.4, -0.2) is 275 Å². The molecule has 0 aliphatic heterocycles. The number of unbranched alkanes of at least 4 members (excludes halogenated alkanes) is 1. The molecular weight excluding hydrogens is 1460 g/mol. The SMILES string of the molecule is C/C=C/C[C@@H](C)[C@@H](OC(=O)CCCCSC[C@@H](NC(C)=O)C(=O)N[C@H](CCCNC(=N)N)C(N)=O)[C@@H](C(=O)N[C@@H](CC)C(=O)N(C)CC(=O)N(C)[C@@H](CC(C)C)C(=O)N[C@H](C(=O)N(C)[C@@H](CC(C)C)C(=O)N[C@@H](C)C(N)=O)C(C)C)N(C)C(=O)[C@H](C(C)C)N(C)C(=O)[C@H](CC(C)C)N(C)C(=O)[C@H](CC(C)C)N(C)C(=O)CC. The minimum absolute atomic E-state index is 0.0247. The van der Waals surface area contributed by atoms with Crippen LogP contribution in [0.1, 0.15) is 202 Å². The first-order valence-electron chi connectivity index (χ1n) is 39.3. The zero-order valence-electron chi connectivity index (χ0n) is 71.7. The maximum atomic E-state index is 15.8. The molecule has 0 heterocycles. The Labute approximate surface area is 670 Å². The van der Waals surface area contributed by atoms with Crippen LogP contribution in [0.25, 0.3) is 0 Å². The number of ether oxygens (including phenoxy) is 1. The third-order valence-electron chi connectivity index (χ3n) is 19.5. The van der Waals surface area contributed by atoms with Crippen molar-refractivity contribution in [3.05, 3.63) is 12.2 Å². The number of nitrogens with one attached hydrogen (secondary N) is 7. The smallest absolute Gasteiger partial charge is 0.306 e. The van der Waals surface area contributed by atoms with Gasteiger partial charge in [-0.25, -0.2) is 0 Å². The van der Waals surface area contributed by atoms with Crippen molar-refractivity contribution in [2.45, 2.75) is 274 Å². The lowest BCUT2D eigenvalue weighted by molar-refractivity contribution is -0.165. The summed E-state index contributed by atoms with van der Waals surface area (Å²) in [7, 11) is 9.97. The lowest BCUT2D eigenvalue weighted by Gasteiger charge is -2.42. The quantitative estimate of drug-likeness (QED) is 0.0138. The van der Waals surface area contributed by atoms with E-state index in [4.69, 9.17) is 27.3 Å². The summed E-state index contributed by atoms with van der Waals surface area (Å²) in [6.07, 6.45) is 3.93. The fraction of sp³-hybridized carbons (Fsp3) is 0.769. The van der Waals surface area contributed by atoms with Crippen molar-refractivity contribution in [1.29, 1.82) is 5.41 Å². The van der Waals surface area contributed by atoms with E-state index in [1.54, 1.807) is 74.6 Å². The number of hydrogen-bond acceptors (Lipinski definition) is 18. The predicted molar refractivity (Wildman–Crippen MR) is 433 cm³/mol. The highest BCUT2D eigenvalue weighted by molar-refractivity contribution is 7.99. The van der Waals surface area contributed by atoms with Gasteiger partial charge in [0.15, 0.2) is 5.96 Å². The molecule has 0 fully saturated rings. The Kier molecular flexibility index (Phi) is 47.3. The maximum Gasteiger partial charge on any atom is 0.306 e. The van der Waals surface area contributed by atoms with Gasteiger partial charge in [0.25, 0.3) is 0 Å². The monoisotopic (exact) mass is 1600 g/mol. The molecule has 0 aromatic rings. The minimum atomic E-state index is -1.74. The molecule has 0 aliphatic carbocycles. The third kappa shape index (κ3) is 34.8. The maximum absolute atomic E-state index is 15.8. The number of likely N-dealkylation sites (N-methyl/N-ethyl adjacent to an activating group) is 7. The van der Waals surface area contributed by atoms with Gasteiger partial charge in [0.2, 0.25) is 82.7 Å². The number of guanidine groups is 1. The Morgan fingerprint density at radius 1 is 0.491 bits per heavy atom. The Morgan fingerprint density at radius 2 is 0.973 bits per heavy atom. The number of esters is 1. The van der Waals surface area contributed by atoms with E-state index in [0.29, 0.717) is 25.0 Å². The number of allylic oxidation sites excluding steroid dienone is 2. The number of amides is 14. The number of carbonyl (C=O) groups is 15. The first-order chi connectivity index (χ1) is 52.0. The molecule has 0 aromatic carbocycles. The Balaban J connectivity index is 7.90. The molecule has 33 nitrogen and oxygen atoms in total. The van der Waals surface area contributed by atoms with Crippen LogP contribution in [0.5, 0.6) is 0 Å².